The molecule has 1 aromatic carbocycles. The van der Waals surface area contributed by atoms with Crippen LogP contribution in [0.1, 0.15) is 5.56 Å². The fourth-order valence-electron chi connectivity index (χ4n) is 2.62. The number of hydrogen-bond donors (Lipinski definition) is 2. The zero-order chi connectivity index (χ0) is 17.6. The number of benzene rings is 1. The lowest BCUT2D eigenvalue weighted by atomic mass is 10.1. The average molecular weight is 377 g/mol. The van der Waals surface area contributed by atoms with Crippen molar-refractivity contribution in [1.29, 1.82) is 0 Å². The number of fused-ring (bicyclic) bond motifs is 1. The minimum Gasteiger partial charge on any atom is -0.354 e. The molecule has 2 aliphatic rings. The monoisotopic (exact) mass is 377 g/mol. The van der Waals surface area contributed by atoms with Crippen LogP contribution in [0.4, 0.5) is 4.79 Å². The molecule has 25 heavy (non-hydrogen) atoms. The Morgan fingerprint density at radius 3 is 2.88 bits per heavy atom. The predicted octanol–water partition coefficient (Wildman–Crippen LogP) is 1.59. The van der Waals surface area contributed by atoms with Crippen LogP contribution >= 0.6 is 23.5 Å². The molecule has 8 heteroatoms. The molecule has 1 aromatic rings. The van der Waals surface area contributed by atoms with Crippen LogP contribution in [-0.2, 0) is 15.3 Å². The van der Waals surface area contributed by atoms with E-state index < -0.39 is 6.03 Å². The Balaban J connectivity index is 1.36. The fraction of sp³-hybridized carbons (Fsp3) is 0.353. The van der Waals surface area contributed by atoms with Crippen LogP contribution in [0.25, 0.3) is 0 Å². The van der Waals surface area contributed by atoms with Crippen LogP contribution in [-0.4, -0.2) is 52.9 Å². The third kappa shape index (κ3) is 4.58. The molecule has 3 rings (SSSR count). The van der Waals surface area contributed by atoms with Gasteiger partial charge in [0.05, 0.1) is 11.8 Å². The summed E-state index contributed by atoms with van der Waals surface area (Å²) < 4.78 is 0. The summed E-state index contributed by atoms with van der Waals surface area (Å²) in [6.45, 7) is 0.447. The van der Waals surface area contributed by atoms with Gasteiger partial charge in [0.1, 0.15) is 5.25 Å². The first-order valence-corrected chi connectivity index (χ1v) is 10.1. The third-order valence-corrected chi connectivity index (χ3v) is 5.99. The van der Waals surface area contributed by atoms with Gasteiger partial charge in [0.25, 0.3) is 0 Å². The molecule has 2 N–H and O–H groups in total. The Labute approximate surface area is 154 Å². The van der Waals surface area contributed by atoms with Crippen LogP contribution in [0.5, 0.6) is 0 Å². The van der Waals surface area contributed by atoms with Gasteiger partial charge < -0.3 is 10.6 Å². The normalized spacial score (nSPS) is 21.8. The molecule has 0 aliphatic carbocycles. The number of nitrogens with one attached hydrogen (secondary N) is 2. The molecule has 132 valence electrons. The van der Waals surface area contributed by atoms with Gasteiger partial charge in [-0.1, -0.05) is 36.4 Å². The number of thioether (sulfide) groups is 2. The Kier molecular flexibility index (Phi) is 6.04. The van der Waals surface area contributed by atoms with Crippen LogP contribution in [0.3, 0.4) is 0 Å². The van der Waals surface area contributed by atoms with Crippen molar-refractivity contribution in [1.82, 2.24) is 15.5 Å². The number of urea groups is 1. The van der Waals surface area contributed by atoms with Crippen molar-refractivity contribution >= 4 is 41.4 Å². The van der Waals surface area contributed by atoms with E-state index in [-0.39, 0.29) is 36.2 Å². The topological polar surface area (TPSA) is 78.5 Å². The van der Waals surface area contributed by atoms with Crippen molar-refractivity contribution in [2.45, 2.75) is 17.0 Å². The van der Waals surface area contributed by atoms with Crippen molar-refractivity contribution in [3.63, 3.8) is 0 Å². The van der Waals surface area contributed by atoms with Crippen molar-refractivity contribution in [3.8, 4) is 0 Å². The highest BCUT2D eigenvalue weighted by atomic mass is 32.2. The van der Waals surface area contributed by atoms with E-state index in [4.69, 9.17) is 0 Å². The number of hydrogen-bond acceptors (Lipinski definition) is 5. The van der Waals surface area contributed by atoms with Crippen LogP contribution in [0.15, 0.2) is 41.8 Å². The molecule has 1 fully saturated rings. The summed E-state index contributed by atoms with van der Waals surface area (Å²) in [5.41, 5.74) is 1.17. The summed E-state index contributed by atoms with van der Waals surface area (Å²) in [5.74, 6) is 0.825. The largest absolute Gasteiger partial charge is 0.354 e. The highest BCUT2D eigenvalue weighted by molar-refractivity contribution is 8.03. The molecule has 0 spiro atoms. The van der Waals surface area contributed by atoms with Gasteiger partial charge >= 0.3 is 6.03 Å². The van der Waals surface area contributed by atoms with Gasteiger partial charge in [-0.25, -0.2) is 4.79 Å². The summed E-state index contributed by atoms with van der Waals surface area (Å²) in [5, 5.41) is 7.11. The molecule has 0 bridgehead atoms. The van der Waals surface area contributed by atoms with E-state index in [9.17, 15) is 14.4 Å². The molecular formula is C17H19N3O3S2. The Bertz CT molecular complexity index is 681. The van der Waals surface area contributed by atoms with Gasteiger partial charge in [-0.05, 0) is 11.0 Å². The highest BCUT2D eigenvalue weighted by Gasteiger charge is 2.41. The Hall–Kier alpha value is -1.93. The number of imide groups is 1. The molecular weight excluding hydrogens is 358 g/mol. The maximum atomic E-state index is 12.3. The lowest BCUT2D eigenvalue weighted by Gasteiger charge is -2.33. The zero-order valence-corrected chi connectivity index (χ0v) is 15.1. The summed E-state index contributed by atoms with van der Waals surface area (Å²) in [6.07, 6.45) is 1.83. The highest BCUT2D eigenvalue weighted by Crippen LogP contribution is 2.29. The van der Waals surface area contributed by atoms with Gasteiger partial charge in [-0.3, -0.25) is 14.5 Å². The molecule has 2 atom stereocenters. The zero-order valence-electron chi connectivity index (χ0n) is 13.5. The Morgan fingerprint density at radius 1 is 1.28 bits per heavy atom. The minimum absolute atomic E-state index is 0.0967. The third-order valence-electron chi connectivity index (χ3n) is 3.88. The molecule has 0 radical (unpaired) electrons. The summed E-state index contributed by atoms with van der Waals surface area (Å²) in [6, 6.07) is 9.33. The molecule has 2 aliphatic heterocycles. The van der Waals surface area contributed by atoms with E-state index in [1.165, 1.54) is 34.0 Å². The molecule has 2 unspecified atom stereocenters. The number of rotatable bonds is 7. The van der Waals surface area contributed by atoms with E-state index >= 15 is 0 Å². The molecule has 6 nitrogen and oxygen atoms in total. The van der Waals surface area contributed by atoms with Crippen LogP contribution in [0.2, 0.25) is 0 Å². The fourth-order valence-corrected chi connectivity index (χ4v) is 4.43. The summed E-state index contributed by atoms with van der Waals surface area (Å²) in [4.78, 5) is 37.3. The lowest BCUT2D eigenvalue weighted by Crippen LogP contribution is -2.61. The number of carbonyl (C=O) groups excluding carboxylic acids is 3. The number of carbonyl (C=O) groups is 3. The molecule has 0 aromatic heterocycles. The van der Waals surface area contributed by atoms with Gasteiger partial charge in [-0.15, -0.1) is 23.5 Å². The van der Waals surface area contributed by atoms with E-state index in [1.54, 1.807) is 0 Å². The van der Waals surface area contributed by atoms with Crippen LogP contribution < -0.4 is 10.6 Å². The first-order chi connectivity index (χ1) is 12.1. The number of amides is 4. The van der Waals surface area contributed by atoms with E-state index in [0.29, 0.717) is 5.75 Å². The van der Waals surface area contributed by atoms with Gasteiger partial charge in [0.2, 0.25) is 11.8 Å². The number of nitrogens with zero attached hydrogens (tertiary/aromatic N) is 1. The standard InChI is InChI=1S/C17H19N3O3S2/c21-14(11-24-10-12-4-2-1-3-5-12)18-7-8-20-16(22)15-13(6-9-25-15)19-17(20)23/h1-6,9,13,15H,7-8,10-11H2,(H,18,21)(H,19,23). The van der Waals surface area contributed by atoms with Crippen molar-refractivity contribution in [2.24, 2.45) is 0 Å². The molecule has 4 amide bonds. The predicted molar refractivity (Wildman–Crippen MR) is 100 cm³/mol. The smallest absolute Gasteiger partial charge is 0.324 e. The van der Waals surface area contributed by atoms with E-state index in [1.807, 2.05) is 41.8 Å². The first-order valence-electron chi connectivity index (χ1n) is 7.97. The van der Waals surface area contributed by atoms with Gasteiger partial charge in [0, 0.05) is 18.8 Å². The maximum Gasteiger partial charge on any atom is 0.324 e. The van der Waals surface area contributed by atoms with Crippen LogP contribution in [0, 0.1) is 0 Å². The van der Waals surface area contributed by atoms with Crippen molar-refractivity contribution in [2.75, 3.05) is 18.8 Å². The quantitative estimate of drug-likeness (QED) is 0.754. The second-order valence-electron chi connectivity index (χ2n) is 5.68. The SMILES string of the molecule is O=C(CSCc1ccccc1)NCCN1C(=O)NC2C=CSC2C1=O. The second kappa shape index (κ2) is 8.44. The molecule has 1 saturated heterocycles. The maximum absolute atomic E-state index is 12.3. The average Bonchev–Trinajstić information content (AvgIpc) is 3.07. The molecule has 2 heterocycles. The first kappa shape index (κ1) is 17.9. The van der Waals surface area contributed by atoms with Gasteiger partial charge in [-0.2, -0.15) is 0 Å². The van der Waals surface area contributed by atoms with E-state index in [0.717, 1.165) is 5.75 Å². The van der Waals surface area contributed by atoms with Gasteiger partial charge in [0.15, 0.2) is 0 Å². The molecule has 0 saturated carbocycles. The minimum atomic E-state index is -0.397. The lowest BCUT2D eigenvalue weighted by molar-refractivity contribution is -0.129. The van der Waals surface area contributed by atoms with Crippen molar-refractivity contribution < 1.29 is 14.4 Å². The Morgan fingerprint density at radius 2 is 2.08 bits per heavy atom. The van der Waals surface area contributed by atoms with Crippen molar-refractivity contribution in [3.05, 3.63) is 47.4 Å². The summed E-state index contributed by atoms with van der Waals surface area (Å²) >= 11 is 2.94. The summed E-state index contributed by atoms with van der Waals surface area (Å²) in [7, 11) is 0. The second-order valence-corrected chi connectivity index (χ2v) is 7.72. The van der Waals surface area contributed by atoms with E-state index in [2.05, 4.69) is 10.6 Å².